The van der Waals surface area contributed by atoms with Crippen molar-refractivity contribution in [3.8, 4) is 0 Å². The molecule has 0 aliphatic carbocycles. The lowest BCUT2D eigenvalue weighted by molar-refractivity contribution is -0.109. The minimum absolute atomic E-state index is 0.0164. The molecule has 2 heteroatoms. The van der Waals surface area contributed by atoms with Crippen molar-refractivity contribution in [2.75, 3.05) is 0 Å². The Hall–Kier alpha value is -0.820. The summed E-state index contributed by atoms with van der Waals surface area (Å²) < 4.78 is 0. The summed E-state index contributed by atoms with van der Waals surface area (Å²) >= 11 is 5.75. The van der Waals surface area contributed by atoms with Crippen LogP contribution in [0.1, 0.15) is 25.3 Å². The minimum atomic E-state index is -0.0164. The van der Waals surface area contributed by atoms with E-state index in [0.29, 0.717) is 10.9 Å². The van der Waals surface area contributed by atoms with Crippen molar-refractivity contribution in [1.29, 1.82) is 0 Å². The van der Waals surface area contributed by atoms with Crippen molar-refractivity contribution < 1.29 is 4.79 Å². The molecule has 1 unspecified atom stereocenters. The highest BCUT2D eigenvalue weighted by molar-refractivity contribution is 6.30. The first-order valence-electron chi connectivity index (χ1n) is 4.36. The molecule has 0 amide bonds. The Morgan fingerprint density at radius 3 is 2.15 bits per heavy atom. The summed E-state index contributed by atoms with van der Waals surface area (Å²) in [5.41, 5.74) is 1.04. The van der Waals surface area contributed by atoms with Gasteiger partial charge in [0, 0.05) is 10.9 Å². The molecule has 0 spiro atoms. The van der Waals surface area contributed by atoms with Gasteiger partial charge in [0.05, 0.1) is 0 Å². The zero-order chi connectivity index (χ0) is 9.84. The standard InChI is InChI=1S/C11H13ClO/c1-8(2)11(7-13)9-3-5-10(12)6-4-9/h3-8,11H,1-2H3. The molecule has 70 valence electrons. The van der Waals surface area contributed by atoms with Crippen LogP contribution in [0.4, 0.5) is 0 Å². The monoisotopic (exact) mass is 196 g/mol. The van der Waals surface area contributed by atoms with Crippen LogP contribution in [-0.2, 0) is 4.79 Å². The SMILES string of the molecule is CC(C)C(C=O)c1ccc(Cl)cc1. The number of hydrogen-bond acceptors (Lipinski definition) is 1. The molecule has 13 heavy (non-hydrogen) atoms. The third kappa shape index (κ3) is 2.56. The molecule has 1 rings (SSSR count). The van der Waals surface area contributed by atoms with Gasteiger partial charge in [-0.05, 0) is 23.6 Å². The zero-order valence-corrected chi connectivity index (χ0v) is 8.58. The van der Waals surface area contributed by atoms with Crippen molar-refractivity contribution in [2.45, 2.75) is 19.8 Å². The van der Waals surface area contributed by atoms with Gasteiger partial charge >= 0.3 is 0 Å². The quantitative estimate of drug-likeness (QED) is 0.679. The van der Waals surface area contributed by atoms with Crippen LogP contribution in [0.15, 0.2) is 24.3 Å². The van der Waals surface area contributed by atoms with E-state index in [-0.39, 0.29) is 5.92 Å². The molecule has 0 saturated carbocycles. The lowest BCUT2D eigenvalue weighted by atomic mass is 9.90. The van der Waals surface area contributed by atoms with Crippen LogP contribution >= 0.6 is 11.6 Å². The van der Waals surface area contributed by atoms with E-state index in [4.69, 9.17) is 11.6 Å². The molecule has 1 aromatic carbocycles. The maximum Gasteiger partial charge on any atom is 0.127 e. The Bertz CT molecular complexity index is 277. The summed E-state index contributed by atoms with van der Waals surface area (Å²) in [6.07, 6.45) is 0.994. The van der Waals surface area contributed by atoms with Gasteiger partial charge in [-0.2, -0.15) is 0 Å². The van der Waals surface area contributed by atoms with Crippen molar-refractivity contribution >= 4 is 17.9 Å². The highest BCUT2D eigenvalue weighted by Gasteiger charge is 2.13. The lowest BCUT2D eigenvalue weighted by Crippen LogP contribution is -2.07. The normalized spacial score (nSPS) is 12.9. The molecule has 0 aliphatic heterocycles. The van der Waals surface area contributed by atoms with Gasteiger partial charge in [0.2, 0.25) is 0 Å². The zero-order valence-electron chi connectivity index (χ0n) is 7.83. The number of rotatable bonds is 3. The highest BCUT2D eigenvalue weighted by Crippen LogP contribution is 2.23. The fourth-order valence-electron chi connectivity index (χ4n) is 1.31. The first-order valence-corrected chi connectivity index (χ1v) is 4.73. The first kappa shape index (κ1) is 10.3. The van der Waals surface area contributed by atoms with Gasteiger partial charge in [-0.1, -0.05) is 37.6 Å². The molecule has 0 aromatic heterocycles. The molecule has 0 bridgehead atoms. The number of carbonyl (C=O) groups is 1. The van der Waals surface area contributed by atoms with Crippen LogP contribution in [0.3, 0.4) is 0 Å². The smallest absolute Gasteiger partial charge is 0.127 e. The number of halogens is 1. The second-order valence-electron chi connectivity index (χ2n) is 3.46. The lowest BCUT2D eigenvalue weighted by Gasteiger charge is -2.14. The van der Waals surface area contributed by atoms with Crippen molar-refractivity contribution in [1.82, 2.24) is 0 Å². The Morgan fingerprint density at radius 1 is 1.23 bits per heavy atom. The maximum atomic E-state index is 10.8. The van der Waals surface area contributed by atoms with E-state index in [2.05, 4.69) is 0 Å². The summed E-state index contributed by atoms with van der Waals surface area (Å²) in [4.78, 5) is 10.8. The highest BCUT2D eigenvalue weighted by atomic mass is 35.5. The Labute approximate surface area is 83.7 Å². The number of carbonyl (C=O) groups excluding carboxylic acids is 1. The predicted molar refractivity (Wildman–Crippen MR) is 55.1 cm³/mol. The molecule has 0 saturated heterocycles. The van der Waals surface area contributed by atoms with Crippen molar-refractivity contribution in [3.05, 3.63) is 34.9 Å². The van der Waals surface area contributed by atoms with Gasteiger partial charge in [0.25, 0.3) is 0 Å². The fourth-order valence-corrected chi connectivity index (χ4v) is 1.43. The van der Waals surface area contributed by atoms with E-state index in [1.54, 1.807) is 0 Å². The molecular weight excluding hydrogens is 184 g/mol. The summed E-state index contributed by atoms with van der Waals surface area (Å²) in [6.45, 7) is 4.07. The van der Waals surface area contributed by atoms with Gasteiger partial charge in [-0.3, -0.25) is 0 Å². The molecular formula is C11H13ClO. The Kier molecular flexibility index (Phi) is 3.49. The van der Waals surface area contributed by atoms with Gasteiger partial charge in [-0.15, -0.1) is 0 Å². The molecule has 1 aromatic rings. The van der Waals surface area contributed by atoms with E-state index >= 15 is 0 Å². The minimum Gasteiger partial charge on any atom is -0.303 e. The molecule has 0 aliphatic rings. The molecule has 0 fully saturated rings. The summed E-state index contributed by atoms with van der Waals surface area (Å²) in [7, 11) is 0. The van der Waals surface area contributed by atoms with E-state index in [1.165, 1.54) is 0 Å². The van der Waals surface area contributed by atoms with E-state index in [9.17, 15) is 4.79 Å². The Morgan fingerprint density at radius 2 is 1.77 bits per heavy atom. The third-order valence-electron chi connectivity index (χ3n) is 2.12. The number of aldehydes is 1. The largest absolute Gasteiger partial charge is 0.303 e. The summed E-state index contributed by atoms with van der Waals surface area (Å²) in [5.74, 6) is 0.316. The van der Waals surface area contributed by atoms with E-state index in [0.717, 1.165) is 11.8 Å². The molecule has 0 radical (unpaired) electrons. The average Bonchev–Trinajstić information content (AvgIpc) is 2.09. The van der Waals surface area contributed by atoms with Gasteiger partial charge in [0.15, 0.2) is 0 Å². The summed E-state index contributed by atoms with van der Waals surface area (Å²) in [6, 6.07) is 7.44. The van der Waals surface area contributed by atoms with Crippen LogP contribution in [-0.4, -0.2) is 6.29 Å². The molecule has 1 atom stereocenters. The van der Waals surface area contributed by atoms with Crippen LogP contribution in [0.5, 0.6) is 0 Å². The van der Waals surface area contributed by atoms with Crippen LogP contribution in [0, 0.1) is 5.92 Å². The predicted octanol–water partition coefficient (Wildman–Crippen LogP) is 3.28. The molecule has 0 heterocycles. The number of benzene rings is 1. The molecule has 0 N–H and O–H groups in total. The Balaban J connectivity index is 2.92. The van der Waals surface area contributed by atoms with E-state index < -0.39 is 0 Å². The maximum absolute atomic E-state index is 10.8. The summed E-state index contributed by atoms with van der Waals surface area (Å²) in [5, 5.41) is 0.706. The number of hydrogen-bond donors (Lipinski definition) is 0. The second kappa shape index (κ2) is 4.43. The van der Waals surface area contributed by atoms with E-state index in [1.807, 2.05) is 38.1 Å². The van der Waals surface area contributed by atoms with Gasteiger partial charge in [0.1, 0.15) is 6.29 Å². The third-order valence-corrected chi connectivity index (χ3v) is 2.37. The average molecular weight is 197 g/mol. The van der Waals surface area contributed by atoms with Crippen molar-refractivity contribution in [3.63, 3.8) is 0 Å². The molecule has 1 nitrogen and oxygen atoms in total. The fraction of sp³-hybridized carbons (Fsp3) is 0.364. The van der Waals surface area contributed by atoms with Crippen LogP contribution < -0.4 is 0 Å². The van der Waals surface area contributed by atoms with Crippen LogP contribution in [0.2, 0.25) is 5.02 Å². The van der Waals surface area contributed by atoms with Gasteiger partial charge < -0.3 is 4.79 Å². The second-order valence-corrected chi connectivity index (χ2v) is 3.89. The van der Waals surface area contributed by atoms with Gasteiger partial charge in [-0.25, -0.2) is 0 Å². The van der Waals surface area contributed by atoms with Crippen molar-refractivity contribution in [2.24, 2.45) is 5.92 Å². The first-order chi connectivity index (χ1) is 6.15. The topological polar surface area (TPSA) is 17.1 Å². The van der Waals surface area contributed by atoms with Crippen LogP contribution in [0.25, 0.3) is 0 Å².